The molecule has 5 nitrogen and oxygen atoms in total. The third kappa shape index (κ3) is 6.33. The second-order valence-electron chi connectivity index (χ2n) is 6.25. The standard InChI is InChI=1S/C21H26N2O3/c1-4-26-20-11-5-17(6-12-20)15-23(3)14-13-21(25)22-19-9-7-18(8-10-19)16(2)24/h5-12H,4,13-15H2,1-3H3,(H,22,25). The van der Waals surface area contributed by atoms with Crippen LogP contribution in [-0.4, -0.2) is 36.8 Å². The number of amides is 1. The molecule has 0 aromatic heterocycles. The van der Waals surface area contributed by atoms with Gasteiger partial charge < -0.3 is 15.0 Å². The fraction of sp³-hybridized carbons (Fsp3) is 0.333. The van der Waals surface area contributed by atoms with Crippen LogP contribution in [0.2, 0.25) is 0 Å². The van der Waals surface area contributed by atoms with Crippen molar-refractivity contribution in [2.75, 3.05) is 25.5 Å². The number of hydrogen-bond donors (Lipinski definition) is 1. The molecule has 0 saturated carbocycles. The summed E-state index contributed by atoms with van der Waals surface area (Å²) < 4.78 is 5.44. The Morgan fingerprint density at radius 2 is 1.69 bits per heavy atom. The first kappa shape index (κ1) is 19.7. The van der Waals surface area contributed by atoms with E-state index in [9.17, 15) is 9.59 Å². The van der Waals surface area contributed by atoms with Crippen molar-refractivity contribution >= 4 is 17.4 Å². The predicted octanol–water partition coefficient (Wildman–Crippen LogP) is 3.75. The molecular formula is C21H26N2O3. The minimum atomic E-state index is -0.0425. The van der Waals surface area contributed by atoms with Gasteiger partial charge in [-0.15, -0.1) is 0 Å². The largest absolute Gasteiger partial charge is 0.494 e. The van der Waals surface area contributed by atoms with Gasteiger partial charge in [0.1, 0.15) is 5.75 Å². The molecule has 0 saturated heterocycles. The van der Waals surface area contributed by atoms with Gasteiger partial charge in [0.2, 0.25) is 5.91 Å². The lowest BCUT2D eigenvalue weighted by Crippen LogP contribution is -2.24. The number of ether oxygens (including phenoxy) is 1. The Morgan fingerprint density at radius 3 is 2.27 bits per heavy atom. The summed E-state index contributed by atoms with van der Waals surface area (Å²) in [5.41, 5.74) is 2.52. The molecule has 2 rings (SSSR count). The molecular weight excluding hydrogens is 328 g/mol. The van der Waals surface area contributed by atoms with E-state index in [0.717, 1.165) is 12.3 Å². The summed E-state index contributed by atoms with van der Waals surface area (Å²) >= 11 is 0. The smallest absolute Gasteiger partial charge is 0.225 e. The molecule has 0 atom stereocenters. The number of hydrogen-bond acceptors (Lipinski definition) is 4. The lowest BCUT2D eigenvalue weighted by atomic mass is 10.1. The van der Waals surface area contributed by atoms with Crippen molar-refractivity contribution in [3.63, 3.8) is 0 Å². The van der Waals surface area contributed by atoms with Crippen LogP contribution in [0.5, 0.6) is 5.75 Å². The Hall–Kier alpha value is -2.66. The van der Waals surface area contributed by atoms with Crippen molar-refractivity contribution < 1.29 is 14.3 Å². The summed E-state index contributed by atoms with van der Waals surface area (Å²) in [6.45, 7) is 5.57. The number of benzene rings is 2. The minimum Gasteiger partial charge on any atom is -0.494 e. The molecule has 0 unspecified atom stereocenters. The molecule has 26 heavy (non-hydrogen) atoms. The summed E-state index contributed by atoms with van der Waals surface area (Å²) in [6.07, 6.45) is 0.405. The van der Waals surface area contributed by atoms with Crippen LogP contribution < -0.4 is 10.1 Å². The summed E-state index contributed by atoms with van der Waals surface area (Å²) in [7, 11) is 1.99. The van der Waals surface area contributed by atoms with Gasteiger partial charge in [0.15, 0.2) is 5.78 Å². The van der Waals surface area contributed by atoms with E-state index in [1.54, 1.807) is 24.3 Å². The van der Waals surface area contributed by atoms with Gasteiger partial charge in [-0.2, -0.15) is 0 Å². The number of nitrogens with one attached hydrogen (secondary N) is 1. The number of ketones is 1. The molecule has 0 aliphatic carbocycles. The fourth-order valence-corrected chi connectivity index (χ4v) is 2.55. The van der Waals surface area contributed by atoms with Gasteiger partial charge >= 0.3 is 0 Å². The fourth-order valence-electron chi connectivity index (χ4n) is 2.55. The monoisotopic (exact) mass is 354 g/mol. The molecule has 0 bridgehead atoms. The first-order valence-electron chi connectivity index (χ1n) is 8.79. The molecule has 0 aliphatic rings. The number of carbonyl (C=O) groups is 2. The molecule has 5 heteroatoms. The third-order valence-corrected chi connectivity index (χ3v) is 3.98. The maximum Gasteiger partial charge on any atom is 0.225 e. The Bertz CT molecular complexity index is 724. The highest BCUT2D eigenvalue weighted by Crippen LogP contribution is 2.14. The zero-order chi connectivity index (χ0) is 18.9. The van der Waals surface area contributed by atoms with Crippen LogP contribution in [0.25, 0.3) is 0 Å². The summed E-state index contributed by atoms with van der Waals surface area (Å²) in [4.78, 5) is 25.4. The second kappa shape index (κ2) is 9.73. The van der Waals surface area contributed by atoms with Crippen molar-refractivity contribution in [1.82, 2.24) is 4.90 Å². The third-order valence-electron chi connectivity index (χ3n) is 3.98. The Labute approximate surface area is 155 Å². The summed E-state index contributed by atoms with van der Waals surface area (Å²) in [5.74, 6) is 0.840. The van der Waals surface area contributed by atoms with Gasteiger partial charge in [-0.05, 0) is 62.9 Å². The normalized spacial score (nSPS) is 10.6. The molecule has 0 spiro atoms. The summed E-state index contributed by atoms with van der Waals surface area (Å²) in [5, 5.41) is 2.86. The lowest BCUT2D eigenvalue weighted by Gasteiger charge is -2.17. The van der Waals surface area contributed by atoms with Crippen LogP contribution in [0.4, 0.5) is 5.69 Å². The SMILES string of the molecule is CCOc1ccc(CN(C)CCC(=O)Nc2ccc(C(C)=O)cc2)cc1. The van der Waals surface area contributed by atoms with E-state index in [4.69, 9.17) is 4.74 Å². The topological polar surface area (TPSA) is 58.6 Å². The molecule has 1 N–H and O–H groups in total. The van der Waals surface area contributed by atoms with Crippen molar-refractivity contribution in [3.8, 4) is 5.75 Å². The Balaban J connectivity index is 1.76. The van der Waals surface area contributed by atoms with Crippen LogP contribution in [0.15, 0.2) is 48.5 Å². The maximum absolute atomic E-state index is 12.1. The highest BCUT2D eigenvalue weighted by atomic mass is 16.5. The zero-order valence-electron chi connectivity index (χ0n) is 15.6. The first-order chi connectivity index (χ1) is 12.5. The van der Waals surface area contributed by atoms with Gasteiger partial charge in [0.05, 0.1) is 6.61 Å². The molecule has 2 aromatic rings. The predicted molar refractivity (Wildman–Crippen MR) is 104 cm³/mol. The lowest BCUT2D eigenvalue weighted by molar-refractivity contribution is -0.116. The summed E-state index contributed by atoms with van der Waals surface area (Å²) in [6, 6.07) is 14.9. The van der Waals surface area contributed by atoms with Crippen molar-refractivity contribution in [2.24, 2.45) is 0 Å². The van der Waals surface area contributed by atoms with E-state index in [0.29, 0.717) is 30.8 Å². The van der Waals surface area contributed by atoms with Gasteiger partial charge in [-0.1, -0.05) is 12.1 Å². The average molecular weight is 354 g/mol. The second-order valence-corrected chi connectivity index (χ2v) is 6.25. The van der Waals surface area contributed by atoms with Crippen LogP contribution in [0, 0.1) is 0 Å². The van der Waals surface area contributed by atoms with Gasteiger partial charge in [0.25, 0.3) is 0 Å². The number of anilines is 1. The van der Waals surface area contributed by atoms with Crippen LogP contribution in [0.3, 0.4) is 0 Å². The number of rotatable bonds is 9. The van der Waals surface area contributed by atoms with Gasteiger partial charge in [-0.3, -0.25) is 9.59 Å². The van der Waals surface area contributed by atoms with Crippen molar-refractivity contribution in [3.05, 3.63) is 59.7 Å². The molecule has 0 heterocycles. The maximum atomic E-state index is 12.1. The molecule has 1 amide bonds. The van der Waals surface area contributed by atoms with Crippen LogP contribution in [0.1, 0.15) is 36.2 Å². The van der Waals surface area contributed by atoms with E-state index in [2.05, 4.69) is 10.2 Å². The Kier molecular flexibility index (Phi) is 7.36. The van der Waals surface area contributed by atoms with Crippen molar-refractivity contribution in [2.45, 2.75) is 26.8 Å². The van der Waals surface area contributed by atoms with Gasteiger partial charge in [0, 0.05) is 30.8 Å². The quantitative estimate of drug-likeness (QED) is 0.697. The minimum absolute atomic E-state index is 0.0128. The van der Waals surface area contributed by atoms with E-state index in [1.165, 1.54) is 12.5 Å². The van der Waals surface area contributed by atoms with Crippen LogP contribution >= 0.6 is 0 Å². The van der Waals surface area contributed by atoms with E-state index >= 15 is 0 Å². The highest BCUT2D eigenvalue weighted by Gasteiger charge is 2.07. The van der Waals surface area contributed by atoms with E-state index in [-0.39, 0.29) is 11.7 Å². The van der Waals surface area contributed by atoms with E-state index in [1.807, 2.05) is 38.2 Å². The zero-order valence-corrected chi connectivity index (χ0v) is 15.6. The number of Topliss-reactive ketones (excluding diaryl/α,β-unsaturated/α-hetero) is 1. The average Bonchev–Trinajstić information content (AvgIpc) is 2.62. The van der Waals surface area contributed by atoms with Crippen LogP contribution in [-0.2, 0) is 11.3 Å². The molecule has 0 radical (unpaired) electrons. The van der Waals surface area contributed by atoms with Crippen molar-refractivity contribution in [1.29, 1.82) is 0 Å². The highest BCUT2D eigenvalue weighted by molar-refractivity contribution is 5.95. The van der Waals surface area contributed by atoms with E-state index < -0.39 is 0 Å². The molecule has 2 aromatic carbocycles. The number of carbonyl (C=O) groups excluding carboxylic acids is 2. The Morgan fingerprint density at radius 1 is 1.04 bits per heavy atom. The first-order valence-corrected chi connectivity index (χ1v) is 8.79. The molecule has 0 aliphatic heterocycles. The van der Waals surface area contributed by atoms with Gasteiger partial charge in [-0.25, -0.2) is 0 Å². The molecule has 0 fully saturated rings. The molecule has 138 valence electrons. The number of nitrogens with zero attached hydrogens (tertiary/aromatic N) is 1.